The van der Waals surface area contributed by atoms with Gasteiger partial charge in [0.15, 0.2) is 5.78 Å². The topological polar surface area (TPSA) is 34.1 Å². The molecule has 0 aromatic rings. The first-order valence-corrected chi connectivity index (χ1v) is 9.67. The third-order valence-electron chi connectivity index (χ3n) is 8.43. The molecule has 0 amide bonds. The fourth-order valence-corrected chi connectivity index (χ4v) is 7.23. The molecule has 0 heterocycles. The summed E-state index contributed by atoms with van der Waals surface area (Å²) in [7, 11) is 0. The zero-order valence-corrected chi connectivity index (χ0v) is 15.1. The number of hydrogen-bond donors (Lipinski definition) is 0. The molecule has 0 aromatic heterocycles. The van der Waals surface area contributed by atoms with Crippen molar-refractivity contribution < 1.29 is 14.0 Å². The summed E-state index contributed by atoms with van der Waals surface area (Å²) in [5, 5.41) is 0. The molecule has 4 aliphatic carbocycles. The molecule has 2 nitrogen and oxygen atoms in total. The number of halogens is 1. The van der Waals surface area contributed by atoms with Crippen LogP contribution in [-0.4, -0.2) is 17.7 Å². The number of hydrogen-bond acceptors (Lipinski definition) is 2. The Morgan fingerprint density at radius 2 is 1.92 bits per heavy atom. The Morgan fingerprint density at radius 1 is 1.17 bits per heavy atom. The Bertz CT molecular complexity index is 623. The molecule has 3 saturated carbocycles. The highest BCUT2D eigenvalue weighted by Crippen LogP contribution is 2.66. The number of allylic oxidation sites excluding steroid dienone is 1. The lowest BCUT2D eigenvalue weighted by Gasteiger charge is -2.58. The predicted octanol–water partition coefficient (Wildman–Crippen LogP) is 4.67. The molecule has 0 saturated heterocycles. The second kappa shape index (κ2) is 5.25. The van der Waals surface area contributed by atoms with Gasteiger partial charge in [-0.25, -0.2) is 4.39 Å². The molecule has 3 heteroatoms. The number of carbonyl (C=O) groups is 2. The predicted molar refractivity (Wildman–Crippen MR) is 91.2 cm³/mol. The van der Waals surface area contributed by atoms with Gasteiger partial charge in [0, 0.05) is 12.3 Å². The van der Waals surface area contributed by atoms with Gasteiger partial charge in [0.2, 0.25) is 0 Å². The van der Waals surface area contributed by atoms with Crippen LogP contribution in [0.3, 0.4) is 0 Å². The monoisotopic (exact) mass is 332 g/mol. The Balaban J connectivity index is 1.71. The van der Waals surface area contributed by atoms with Crippen LogP contribution >= 0.6 is 0 Å². The summed E-state index contributed by atoms with van der Waals surface area (Å²) in [6.45, 7) is 6.23. The molecule has 0 aromatic carbocycles. The maximum atomic E-state index is 15.1. The molecule has 3 fully saturated rings. The lowest BCUT2D eigenvalue weighted by Crippen LogP contribution is -2.53. The fraction of sp³-hybridized carbons (Fsp3) is 0.810. The van der Waals surface area contributed by atoms with E-state index >= 15 is 4.39 Å². The third-order valence-corrected chi connectivity index (χ3v) is 8.43. The van der Waals surface area contributed by atoms with Gasteiger partial charge in [0.25, 0.3) is 0 Å². The Hall–Kier alpha value is -0.990. The fourth-order valence-electron chi connectivity index (χ4n) is 7.23. The quantitative estimate of drug-likeness (QED) is 0.699. The number of fused-ring (bicyclic) bond motifs is 5. The lowest BCUT2D eigenvalue weighted by atomic mass is 9.46. The SMILES string of the molecule is CC(=O)C1CCC2C3C[C@H](F)C4=CC(=O)CCC4(C)C3CCC12C. The molecular formula is C21H29FO2. The van der Waals surface area contributed by atoms with E-state index in [0.717, 1.165) is 37.7 Å². The van der Waals surface area contributed by atoms with Crippen LogP contribution in [0.5, 0.6) is 0 Å². The molecule has 0 spiro atoms. The summed E-state index contributed by atoms with van der Waals surface area (Å²) in [6, 6.07) is 0. The molecule has 4 aliphatic rings. The average Bonchev–Trinajstić information content (AvgIpc) is 2.87. The number of alkyl halides is 1. The Kier molecular flexibility index (Phi) is 3.61. The van der Waals surface area contributed by atoms with E-state index in [1.165, 1.54) is 0 Å². The van der Waals surface area contributed by atoms with Gasteiger partial charge in [-0.2, -0.15) is 0 Å². The van der Waals surface area contributed by atoms with E-state index in [0.29, 0.717) is 36.4 Å². The van der Waals surface area contributed by atoms with Crippen LogP contribution in [0.15, 0.2) is 11.6 Å². The summed E-state index contributed by atoms with van der Waals surface area (Å²) < 4.78 is 15.1. The van der Waals surface area contributed by atoms with Crippen molar-refractivity contribution in [2.24, 2.45) is 34.5 Å². The van der Waals surface area contributed by atoms with Crippen molar-refractivity contribution in [1.82, 2.24) is 0 Å². The molecule has 0 N–H and O–H groups in total. The van der Waals surface area contributed by atoms with Gasteiger partial charge in [0.05, 0.1) is 0 Å². The van der Waals surface area contributed by atoms with Gasteiger partial charge in [-0.05, 0) is 85.7 Å². The summed E-state index contributed by atoms with van der Waals surface area (Å²) in [6.07, 6.45) is 6.80. The third kappa shape index (κ3) is 2.05. The molecule has 24 heavy (non-hydrogen) atoms. The van der Waals surface area contributed by atoms with Crippen molar-refractivity contribution in [1.29, 1.82) is 0 Å². The Labute approximate surface area is 144 Å². The molecule has 132 valence electrons. The van der Waals surface area contributed by atoms with Crippen LogP contribution < -0.4 is 0 Å². The van der Waals surface area contributed by atoms with Crippen molar-refractivity contribution >= 4 is 11.6 Å². The van der Waals surface area contributed by atoms with Gasteiger partial charge < -0.3 is 0 Å². The first kappa shape index (κ1) is 16.5. The van der Waals surface area contributed by atoms with Crippen LogP contribution in [0.2, 0.25) is 0 Å². The second-order valence-corrected chi connectivity index (χ2v) is 9.35. The standard InChI is InChI=1S/C21H29FO2/c1-12(23)15-4-5-16-14-11-19(22)18-10-13(24)6-8-21(18,3)17(14)7-9-20(15,16)2/h10,14-17,19H,4-9,11H2,1-3H3/t14?,15?,16?,17?,19-,20?,21?/m0/s1. The first-order chi connectivity index (χ1) is 11.3. The van der Waals surface area contributed by atoms with E-state index in [-0.39, 0.29) is 22.5 Å². The van der Waals surface area contributed by atoms with Crippen molar-refractivity contribution in [2.75, 3.05) is 0 Å². The zero-order valence-electron chi connectivity index (χ0n) is 15.1. The van der Waals surface area contributed by atoms with Gasteiger partial charge >= 0.3 is 0 Å². The molecule has 7 atom stereocenters. The molecule has 0 bridgehead atoms. The lowest BCUT2D eigenvalue weighted by molar-refractivity contribution is -0.129. The number of Topliss-reactive ketones (excluding diaryl/α,β-unsaturated/α-hetero) is 1. The van der Waals surface area contributed by atoms with Crippen LogP contribution in [0.25, 0.3) is 0 Å². The number of carbonyl (C=O) groups excluding carboxylic acids is 2. The van der Waals surface area contributed by atoms with Crippen LogP contribution in [0, 0.1) is 34.5 Å². The van der Waals surface area contributed by atoms with Crippen molar-refractivity contribution in [3.05, 3.63) is 11.6 Å². The first-order valence-electron chi connectivity index (χ1n) is 9.67. The normalized spacial score (nSPS) is 50.6. The van der Waals surface area contributed by atoms with E-state index in [1.54, 1.807) is 13.0 Å². The van der Waals surface area contributed by atoms with Crippen molar-refractivity contribution in [3.63, 3.8) is 0 Å². The summed E-state index contributed by atoms with van der Waals surface area (Å²) in [4.78, 5) is 24.0. The highest BCUT2D eigenvalue weighted by atomic mass is 19.1. The molecule has 0 aliphatic heterocycles. The summed E-state index contributed by atoms with van der Waals surface area (Å²) in [5.74, 6) is 1.91. The van der Waals surface area contributed by atoms with E-state index < -0.39 is 6.17 Å². The van der Waals surface area contributed by atoms with Crippen LogP contribution in [0.1, 0.15) is 65.7 Å². The van der Waals surface area contributed by atoms with E-state index in [9.17, 15) is 9.59 Å². The highest BCUT2D eigenvalue weighted by molar-refractivity contribution is 5.91. The summed E-state index contributed by atoms with van der Waals surface area (Å²) >= 11 is 0. The van der Waals surface area contributed by atoms with Crippen LogP contribution in [0.4, 0.5) is 4.39 Å². The average molecular weight is 332 g/mol. The molecule has 0 radical (unpaired) electrons. The van der Waals surface area contributed by atoms with Crippen molar-refractivity contribution in [2.45, 2.75) is 71.9 Å². The van der Waals surface area contributed by atoms with Crippen LogP contribution in [-0.2, 0) is 9.59 Å². The molecule has 6 unspecified atom stereocenters. The largest absolute Gasteiger partial charge is 0.300 e. The van der Waals surface area contributed by atoms with Crippen molar-refractivity contribution in [3.8, 4) is 0 Å². The van der Waals surface area contributed by atoms with Gasteiger partial charge in [-0.15, -0.1) is 0 Å². The minimum absolute atomic E-state index is 0.0643. The Morgan fingerprint density at radius 3 is 2.62 bits per heavy atom. The summed E-state index contributed by atoms with van der Waals surface area (Å²) in [5.41, 5.74) is 0.699. The minimum atomic E-state index is -0.973. The smallest absolute Gasteiger partial charge is 0.155 e. The highest BCUT2D eigenvalue weighted by Gasteiger charge is 2.61. The molecular weight excluding hydrogens is 303 g/mol. The van der Waals surface area contributed by atoms with Gasteiger partial charge in [-0.1, -0.05) is 13.8 Å². The van der Waals surface area contributed by atoms with E-state index in [2.05, 4.69) is 13.8 Å². The van der Waals surface area contributed by atoms with E-state index in [1.807, 2.05) is 0 Å². The minimum Gasteiger partial charge on any atom is -0.300 e. The number of ketones is 2. The van der Waals surface area contributed by atoms with E-state index in [4.69, 9.17) is 0 Å². The zero-order chi connectivity index (χ0) is 17.3. The van der Waals surface area contributed by atoms with Gasteiger partial charge in [-0.3, -0.25) is 9.59 Å². The molecule has 4 rings (SSSR count). The second-order valence-electron chi connectivity index (χ2n) is 9.35. The van der Waals surface area contributed by atoms with Gasteiger partial charge in [0.1, 0.15) is 12.0 Å². The maximum Gasteiger partial charge on any atom is 0.155 e. The maximum absolute atomic E-state index is 15.1. The number of rotatable bonds is 1.